The Hall–Kier alpha value is -1.11. The molecule has 6 heteroatoms. The van der Waals surface area contributed by atoms with Crippen molar-refractivity contribution in [1.82, 2.24) is 4.72 Å². The molecule has 0 aliphatic rings. The van der Waals surface area contributed by atoms with Gasteiger partial charge in [-0.15, -0.1) is 0 Å². The minimum atomic E-state index is -3.68. The molecular weight excluding hydrogens is 254 g/mol. The van der Waals surface area contributed by atoms with Crippen LogP contribution in [0.2, 0.25) is 0 Å². The molecule has 0 bridgehead atoms. The Labute approximate surface area is 108 Å². The lowest BCUT2D eigenvalue weighted by atomic mass is 10.2. The maximum atomic E-state index is 12.2. The Morgan fingerprint density at radius 1 is 1.44 bits per heavy atom. The van der Waals surface area contributed by atoms with E-state index in [0.717, 1.165) is 5.56 Å². The Kier molecular flexibility index (Phi) is 5.13. The van der Waals surface area contributed by atoms with Gasteiger partial charge in [-0.2, -0.15) is 0 Å². The summed E-state index contributed by atoms with van der Waals surface area (Å²) in [5, 5.41) is 9.06. The highest BCUT2D eigenvalue weighted by Crippen LogP contribution is 2.24. The molecule has 1 aromatic rings. The molecule has 102 valence electrons. The van der Waals surface area contributed by atoms with Crippen molar-refractivity contribution in [3.05, 3.63) is 23.8 Å². The predicted molar refractivity (Wildman–Crippen MR) is 69.2 cm³/mol. The van der Waals surface area contributed by atoms with Gasteiger partial charge in [-0.25, -0.2) is 13.1 Å². The van der Waals surface area contributed by atoms with E-state index in [2.05, 4.69) is 4.72 Å². The summed E-state index contributed by atoms with van der Waals surface area (Å²) < 4.78 is 31.9. The fourth-order valence-corrected chi connectivity index (χ4v) is 3.09. The van der Waals surface area contributed by atoms with Crippen molar-refractivity contribution >= 4 is 10.0 Å². The molecule has 5 nitrogen and oxygen atoms in total. The first kappa shape index (κ1) is 14.9. The van der Waals surface area contributed by atoms with Crippen LogP contribution in [-0.2, 0) is 10.0 Å². The topological polar surface area (TPSA) is 75.6 Å². The second-order valence-electron chi connectivity index (χ2n) is 4.06. The Morgan fingerprint density at radius 3 is 2.61 bits per heavy atom. The summed E-state index contributed by atoms with van der Waals surface area (Å²) in [6.45, 7) is 3.38. The highest BCUT2D eigenvalue weighted by atomic mass is 32.2. The van der Waals surface area contributed by atoms with E-state index < -0.39 is 16.1 Å². The molecule has 0 saturated heterocycles. The molecular formula is C12H19NO4S. The van der Waals surface area contributed by atoms with Gasteiger partial charge in [0.05, 0.1) is 13.7 Å². The highest BCUT2D eigenvalue weighted by molar-refractivity contribution is 7.89. The Bertz CT molecular complexity index is 495. The second-order valence-corrected chi connectivity index (χ2v) is 5.75. The molecule has 0 saturated carbocycles. The van der Waals surface area contributed by atoms with Crippen LogP contribution in [0.4, 0.5) is 0 Å². The average Bonchev–Trinajstić information content (AvgIpc) is 2.36. The number of hydrogen-bond donors (Lipinski definition) is 2. The number of aliphatic hydroxyl groups excluding tert-OH is 1. The summed E-state index contributed by atoms with van der Waals surface area (Å²) in [4.78, 5) is 0.0944. The SMILES string of the molecule is CCC(CO)NS(=O)(=O)c1cc(C)ccc1OC. The van der Waals surface area contributed by atoms with Gasteiger partial charge in [-0.05, 0) is 31.0 Å². The molecule has 1 unspecified atom stereocenters. The zero-order valence-electron chi connectivity index (χ0n) is 10.8. The third-order valence-corrected chi connectivity index (χ3v) is 4.19. The van der Waals surface area contributed by atoms with Crippen LogP contribution >= 0.6 is 0 Å². The molecule has 0 radical (unpaired) electrons. The van der Waals surface area contributed by atoms with Gasteiger partial charge in [0.15, 0.2) is 0 Å². The number of nitrogens with one attached hydrogen (secondary N) is 1. The van der Waals surface area contributed by atoms with Gasteiger partial charge in [0.25, 0.3) is 0 Å². The number of ether oxygens (including phenoxy) is 1. The number of hydrogen-bond acceptors (Lipinski definition) is 4. The molecule has 2 N–H and O–H groups in total. The molecule has 18 heavy (non-hydrogen) atoms. The van der Waals surface area contributed by atoms with Gasteiger partial charge in [-0.3, -0.25) is 0 Å². The Balaban J connectivity index is 3.15. The normalized spacial score (nSPS) is 13.3. The van der Waals surface area contributed by atoms with Crippen LogP contribution in [0.15, 0.2) is 23.1 Å². The van der Waals surface area contributed by atoms with Gasteiger partial charge in [0.1, 0.15) is 10.6 Å². The zero-order chi connectivity index (χ0) is 13.8. The molecule has 1 aromatic carbocycles. The first-order valence-corrected chi connectivity index (χ1v) is 7.20. The first-order valence-electron chi connectivity index (χ1n) is 5.72. The van der Waals surface area contributed by atoms with Crippen LogP contribution in [0.1, 0.15) is 18.9 Å². The minimum absolute atomic E-state index is 0.0944. The van der Waals surface area contributed by atoms with E-state index in [0.29, 0.717) is 12.2 Å². The van der Waals surface area contributed by atoms with Crippen LogP contribution < -0.4 is 9.46 Å². The molecule has 1 rings (SSSR count). The maximum absolute atomic E-state index is 12.2. The molecule has 0 fully saturated rings. The van der Waals surface area contributed by atoms with Crippen molar-refractivity contribution < 1.29 is 18.3 Å². The third-order valence-electron chi connectivity index (χ3n) is 2.64. The smallest absolute Gasteiger partial charge is 0.244 e. The number of aliphatic hydroxyl groups is 1. The van der Waals surface area contributed by atoms with Crippen molar-refractivity contribution in [2.45, 2.75) is 31.2 Å². The van der Waals surface area contributed by atoms with E-state index in [-0.39, 0.29) is 11.5 Å². The fraction of sp³-hybridized carbons (Fsp3) is 0.500. The van der Waals surface area contributed by atoms with E-state index in [1.54, 1.807) is 25.1 Å². The number of methoxy groups -OCH3 is 1. The van der Waals surface area contributed by atoms with E-state index in [9.17, 15) is 8.42 Å². The monoisotopic (exact) mass is 273 g/mol. The van der Waals surface area contributed by atoms with Crippen LogP contribution in [-0.4, -0.2) is 33.3 Å². The molecule has 0 aliphatic heterocycles. The molecule has 0 heterocycles. The van der Waals surface area contributed by atoms with Crippen LogP contribution in [0.5, 0.6) is 5.75 Å². The minimum Gasteiger partial charge on any atom is -0.495 e. The number of rotatable bonds is 6. The lowest BCUT2D eigenvalue weighted by molar-refractivity contribution is 0.253. The quantitative estimate of drug-likeness (QED) is 0.812. The average molecular weight is 273 g/mol. The fourth-order valence-electron chi connectivity index (χ4n) is 1.53. The summed E-state index contributed by atoms with van der Waals surface area (Å²) in [6.07, 6.45) is 0.518. The predicted octanol–water partition coefficient (Wildman–Crippen LogP) is 1.05. The van der Waals surface area contributed by atoms with Crippen LogP contribution in [0.25, 0.3) is 0 Å². The van der Waals surface area contributed by atoms with E-state index in [1.807, 2.05) is 6.92 Å². The van der Waals surface area contributed by atoms with Crippen molar-refractivity contribution in [1.29, 1.82) is 0 Å². The Morgan fingerprint density at radius 2 is 2.11 bits per heavy atom. The second kappa shape index (κ2) is 6.17. The largest absolute Gasteiger partial charge is 0.495 e. The third kappa shape index (κ3) is 3.44. The van der Waals surface area contributed by atoms with Gasteiger partial charge >= 0.3 is 0 Å². The van der Waals surface area contributed by atoms with E-state index in [4.69, 9.17) is 9.84 Å². The lowest BCUT2D eigenvalue weighted by Crippen LogP contribution is -2.37. The first-order chi connectivity index (χ1) is 8.44. The van der Waals surface area contributed by atoms with Crippen LogP contribution in [0, 0.1) is 6.92 Å². The summed E-state index contributed by atoms with van der Waals surface area (Å²) in [6, 6.07) is 4.45. The number of sulfonamides is 1. The summed E-state index contributed by atoms with van der Waals surface area (Å²) in [5.74, 6) is 0.292. The van der Waals surface area contributed by atoms with Gasteiger partial charge in [0.2, 0.25) is 10.0 Å². The lowest BCUT2D eigenvalue weighted by Gasteiger charge is -2.16. The molecule has 1 atom stereocenters. The summed E-state index contributed by atoms with van der Waals surface area (Å²) in [7, 11) is -2.26. The van der Waals surface area contributed by atoms with Crippen molar-refractivity contribution in [3.8, 4) is 5.75 Å². The van der Waals surface area contributed by atoms with Crippen LogP contribution in [0.3, 0.4) is 0 Å². The molecule has 0 aliphatic carbocycles. The molecule has 0 spiro atoms. The maximum Gasteiger partial charge on any atom is 0.244 e. The van der Waals surface area contributed by atoms with Crippen molar-refractivity contribution in [2.24, 2.45) is 0 Å². The van der Waals surface area contributed by atoms with Gasteiger partial charge in [0, 0.05) is 6.04 Å². The standard InChI is InChI=1S/C12H19NO4S/c1-4-10(8-14)13-18(15,16)12-7-9(2)5-6-11(12)17-3/h5-7,10,13-14H,4,8H2,1-3H3. The summed E-state index contributed by atoms with van der Waals surface area (Å²) in [5.41, 5.74) is 0.827. The van der Waals surface area contributed by atoms with E-state index >= 15 is 0 Å². The summed E-state index contributed by atoms with van der Waals surface area (Å²) >= 11 is 0. The highest BCUT2D eigenvalue weighted by Gasteiger charge is 2.22. The number of benzene rings is 1. The van der Waals surface area contributed by atoms with Gasteiger partial charge < -0.3 is 9.84 Å². The van der Waals surface area contributed by atoms with Crippen molar-refractivity contribution in [2.75, 3.05) is 13.7 Å². The number of aryl methyl sites for hydroxylation is 1. The molecule has 0 amide bonds. The zero-order valence-corrected chi connectivity index (χ0v) is 11.6. The molecule has 0 aromatic heterocycles. The van der Waals surface area contributed by atoms with Crippen molar-refractivity contribution in [3.63, 3.8) is 0 Å². The van der Waals surface area contributed by atoms with Gasteiger partial charge in [-0.1, -0.05) is 13.0 Å². The van der Waals surface area contributed by atoms with E-state index in [1.165, 1.54) is 7.11 Å².